The Morgan fingerprint density at radius 3 is 2.60 bits per heavy atom. The highest BCUT2D eigenvalue weighted by Crippen LogP contribution is 2.51. The zero-order valence-corrected chi connectivity index (χ0v) is 21.1. The van der Waals surface area contributed by atoms with Gasteiger partial charge in [0, 0.05) is 24.1 Å². The summed E-state index contributed by atoms with van der Waals surface area (Å²) in [4.78, 5) is 19.0. The van der Waals surface area contributed by atoms with E-state index in [0.717, 1.165) is 12.1 Å². The predicted molar refractivity (Wildman–Crippen MR) is 125 cm³/mol. The minimum absolute atomic E-state index is 0.0426. The number of benzene rings is 1. The molecule has 4 heterocycles. The molecule has 0 aliphatic carbocycles. The zero-order valence-electron chi connectivity index (χ0n) is 18.0. The van der Waals surface area contributed by atoms with Crippen LogP contribution in [-0.4, -0.2) is 59.0 Å². The molecule has 1 spiro atoms. The fraction of sp³-hybridized carbons (Fsp3) is 0.429. The van der Waals surface area contributed by atoms with E-state index >= 15 is 8.78 Å². The first-order chi connectivity index (χ1) is 16.5. The smallest absolute Gasteiger partial charge is 0.349 e. The van der Waals surface area contributed by atoms with Crippen molar-refractivity contribution >= 4 is 50.3 Å². The maximum atomic E-state index is 15.2. The van der Waals surface area contributed by atoms with Gasteiger partial charge in [0.25, 0.3) is 11.8 Å². The maximum Gasteiger partial charge on any atom is 0.349 e. The maximum absolute atomic E-state index is 15.2. The summed E-state index contributed by atoms with van der Waals surface area (Å²) < 4.78 is 60.1. The van der Waals surface area contributed by atoms with Crippen LogP contribution in [0.1, 0.15) is 45.8 Å². The standard InChI is InChI=1S/C21H18Cl2F2N4O4S2/c22-14-2-1-12(7-15(14)23)21(24,25)19-28-27-17(33-19)13-9-29(18(30)16-8-26-11-34-16)10-20(13)3-5-35(31,32)6-4-20/h1-2,7-8,11,13H,3-6,9-10H2. The molecule has 0 N–H and O–H groups in total. The number of alkyl halides is 2. The Morgan fingerprint density at radius 2 is 1.94 bits per heavy atom. The van der Waals surface area contributed by atoms with Crippen LogP contribution in [0.3, 0.4) is 0 Å². The molecule has 2 aliphatic heterocycles. The van der Waals surface area contributed by atoms with Crippen molar-refractivity contribution in [1.82, 2.24) is 20.1 Å². The first-order valence-electron chi connectivity index (χ1n) is 10.6. The second-order valence-corrected chi connectivity index (χ2v) is 12.8. The molecule has 0 saturated carbocycles. The lowest BCUT2D eigenvalue weighted by Gasteiger charge is -2.36. The third-order valence-corrected chi connectivity index (χ3v) is 9.84. The van der Waals surface area contributed by atoms with Gasteiger partial charge in [-0.25, -0.2) is 8.42 Å². The topological polar surface area (TPSA) is 106 Å². The second-order valence-electron chi connectivity index (χ2n) is 8.77. The Balaban J connectivity index is 1.48. The van der Waals surface area contributed by atoms with E-state index in [-0.39, 0.29) is 59.3 Å². The lowest BCUT2D eigenvalue weighted by Crippen LogP contribution is -2.39. The van der Waals surface area contributed by atoms with Crippen LogP contribution in [0.5, 0.6) is 0 Å². The second kappa shape index (κ2) is 8.75. The Morgan fingerprint density at radius 1 is 1.20 bits per heavy atom. The van der Waals surface area contributed by atoms with E-state index in [1.54, 1.807) is 10.4 Å². The van der Waals surface area contributed by atoms with Crippen LogP contribution in [0.2, 0.25) is 10.0 Å². The molecule has 2 saturated heterocycles. The van der Waals surface area contributed by atoms with Gasteiger partial charge in [0.05, 0.1) is 39.2 Å². The van der Waals surface area contributed by atoms with E-state index in [9.17, 15) is 13.2 Å². The van der Waals surface area contributed by atoms with Gasteiger partial charge in [-0.15, -0.1) is 21.5 Å². The number of likely N-dealkylation sites (tertiary alicyclic amines) is 1. The number of nitrogens with zero attached hydrogens (tertiary/aromatic N) is 4. The van der Waals surface area contributed by atoms with Crippen LogP contribution in [0, 0.1) is 5.41 Å². The third kappa shape index (κ3) is 4.45. The highest BCUT2D eigenvalue weighted by molar-refractivity contribution is 7.91. The summed E-state index contributed by atoms with van der Waals surface area (Å²) in [6.07, 6.45) is 1.97. The van der Waals surface area contributed by atoms with Crippen LogP contribution >= 0.6 is 34.5 Å². The number of amides is 1. The Hall–Kier alpha value is -2.15. The molecular weight excluding hydrogens is 545 g/mol. The molecule has 5 rings (SSSR count). The van der Waals surface area contributed by atoms with E-state index in [4.69, 9.17) is 27.6 Å². The molecule has 1 aromatic carbocycles. The third-order valence-electron chi connectivity index (χ3n) is 6.69. The summed E-state index contributed by atoms with van der Waals surface area (Å²) in [6.45, 7) is 0.390. The number of hydrogen-bond acceptors (Lipinski definition) is 8. The normalized spacial score (nSPS) is 21.5. The number of carbonyl (C=O) groups excluding carboxylic acids is 1. The van der Waals surface area contributed by atoms with Gasteiger partial charge in [-0.3, -0.25) is 9.78 Å². The molecule has 2 aliphatic rings. The van der Waals surface area contributed by atoms with Crippen molar-refractivity contribution in [1.29, 1.82) is 0 Å². The monoisotopic (exact) mass is 562 g/mol. The summed E-state index contributed by atoms with van der Waals surface area (Å²) in [5.41, 5.74) is 0.391. The van der Waals surface area contributed by atoms with Crippen LogP contribution in [0.15, 0.2) is 34.3 Å². The van der Waals surface area contributed by atoms with Crippen LogP contribution < -0.4 is 0 Å². The van der Waals surface area contributed by atoms with Crippen molar-refractivity contribution in [3.8, 4) is 0 Å². The van der Waals surface area contributed by atoms with Crippen LogP contribution in [-0.2, 0) is 15.8 Å². The van der Waals surface area contributed by atoms with E-state index in [2.05, 4.69) is 15.2 Å². The molecule has 1 unspecified atom stereocenters. The number of sulfone groups is 1. The lowest BCUT2D eigenvalue weighted by atomic mass is 9.73. The number of carbonyl (C=O) groups is 1. The van der Waals surface area contributed by atoms with Crippen molar-refractivity contribution in [3.63, 3.8) is 0 Å². The molecule has 35 heavy (non-hydrogen) atoms. The molecule has 2 fully saturated rings. The van der Waals surface area contributed by atoms with Gasteiger partial charge in [-0.2, -0.15) is 8.78 Å². The average molecular weight is 563 g/mol. The van der Waals surface area contributed by atoms with Crippen molar-refractivity contribution in [2.75, 3.05) is 24.6 Å². The molecule has 8 nitrogen and oxygen atoms in total. The molecule has 14 heteroatoms. The van der Waals surface area contributed by atoms with Crippen LogP contribution in [0.25, 0.3) is 0 Å². The van der Waals surface area contributed by atoms with E-state index < -0.39 is 38.5 Å². The van der Waals surface area contributed by atoms with E-state index in [0.29, 0.717) is 4.88 Å². The highest BCUT2D eigenvalue weighted by atomic mass is 35.5. The van der Waals surface area contributed by atoms with Gasteiger partial charge >= 0.3 is 5.92 Å². The zero-order chi connectivity index (χ0) is 25.0. The first kappa shape index (κ1) is 24.5. The van der Waals surface area contributed by atoms with Gasteiger partial charge in [0.1, 0.15) is 14.7 Å². The molecule has 0 radical (unpaired) electrons. The van der Waals surface area contributed by atoms with Gasteiger partial charge in [-0.1, -0.05) is 29.3 Å². The molecule has 0 bridgehead atoms. The van der Waals surface area contributed by atoms with Crippen molar-refractivity contribution in [3.05, 3.63) is 62.2 Å². The Labute approximate surface area is 213 Å². The largest absolute Gasteiger partial charge is 0.419 e. The number of thiazole rings is 1. The molecule has 1 amide bonds. The number of hydrogen-bond donors (Lipinski definition) is 0. The summed E-state index contributed by atoms with van der Waals surface area (Å²) in [7, 11) is -3.22. The fourth-order valence-corrected chi connectivity index (χ4v) is 7.23. The average Bonchev–Trinajstić information content (AvgIpc) is 3.57. The van der Waals surface area contributed by atoms with E-state index in [1.165, 1.54) is 23.6 Å². The number of rotatable bonds is 4. The molecular formula is C21H18Cl2F2N4O4S2. The van der Waals surface area contributed by atoms with Gasteiger partial charge < -0.3 is 9.32 Å². The molecule has 3 aromatic rings. The molecule has 186 valence electrons. The van der Waals surface area contributed by atoms with Gasteiger partial charge in [0.15, 0.2) is 0 Å². The summed E-state index contributed by atoms with van der Waals surface area (Å²) >= 11 is 12.9. The lowest BCUT2D eigenvalue weighted by molar-refractivity contribution is 0.0110. The number of aromatic nitrogens is 3. The Bertz CT molecular complexity index is 1370. The minimum atomic E-state index is -3.64. The Kier molecular flexibility index (Phi) is 6.14. The van der Waals surface area contributed by atoms with Crippen molar-refractivity contribution in [2.24, 2.45) is 5.41 Å². The minimum Gasteiger partial charge on any atom is -0.419 e. The predicted octanol–water partition coefficient (Wildman–Crippen LogP) is 4.41. The van der Waals surface area contributed by atoms with Crippen molar-refractivity contribution < 1.29 is 26.4 Å². The van der Waals surface area contributed by atoms with Crippen molar-refractivity contribution in [2.45, 2.75) is 24.7 Å². The summed E-state index contributed by atoms with van der Waals surface area (Å²) in [6, 6.07) is 3.41. The molecule has 2 aromatic heterocycles. The fourth-order valence-electron chi connectivity index (χ4n) is 4.71. The summed E-state index contributed by atoms with van der Waals surface area (Å²) in [5.74, 6) is -5.60. The first-order valence-corrected chi connectivity index (χ1v) is 14.0. The number of halogens is 4. The quantitative estimate of drug-likeness (QED) is 0.463. The SMILES string of the molecule is O=C(c1cncs1)N1CC(c2nnc(C(F)(F)c3ccc(Cl)c(Cl)c3)o2)C2(CCS(=O)(=O)CC2)C1. The van der Waals surface area contributed by atoms with Gasteiger partial charge in [-0.05, 0) is 25.0 Å². The molecule has 1 atom stereocenters. The van der Waals surface area contributed by atoms with Crippen LogP contribution in [0.4, 0.5) is 8.78 Å². The van der Waals surface area contributed by atoms with E-state index in [1.807, 2.05) is 0 Å². The summed E-state index contributed by atoms with van der Waals surface area (Å²) in [5, 5.41) is 7.62. The van der Waals surface area contributed by atoms with Gasteiger partial charge in [0.2, 0.25) is 5.89 Å². The highest BCUT2D eigenvalue weighted by Gasteiger charge is 2.54.